The minimum atomic E-state index is -0.173. The lowest BCUT2D eigenvalue weighted by atomic mass is 9.99. The Morgan fingerprint density at radius 3 is 2.64 bits per heavy atom. The molecule has 2 unspecified atom stereocenters. The van der Waals surface area contributed by atoms with Crippen LogP contribution in [0.25, 0.3) is 0 Å². The molecule has 86 valence electrons. The van der Waals surface area contributed by atoms with Crippen LogP contribution in [0.5, 0.6) is 0 Å². The molecule has 0 spiro atoms. The number of methoxy groups -OCH3 is 1. The molecule has 4 nitrogen and oxygen atoms in total. The van der Waals surface area contributed by atoms with Crippen molar-refractivity contribution < 1.29 is 9.53 Å². The van der Waals surface area contributed by atoms with Crippen LogP contribution in [0.3, 0.4) is 0 Å². The second-order valence-electron chi connectivity index (χ2n) is 3.11. The first-order valence-corrected chi connectivity index (χ1v) is 4.32. The zero-order chi connectivity index (χ0) is 8.97. The largest absolute Gasteiger partial charge is 0.468 e. The van der Waals surface area contributed by atoms with Crippen molar-refractivity contribution in [3.05, 3.63) is 0 Å². The number of nitrogens with two attached hydrogens (primary N) is 1. The van der Waals surface area contributed by atoms with E-state index in [2.05, 4.69) is 10.1 Å². The monoisotopic (exact) mass is 244 g/mol. The first kappa shape index (κ1) is 16.4. The van der Waals surface area contributed by atoms with E-state index in [1.54, 1.807) is 0 Å². The van der Waals surface area contributed by atoms with Gasteiger partial charge in [-0.25, -0.2) is 0 Å². The maximum absolute atomic E-state index is 11.1. The Hall–Kier alpha value is -0.0300. The molecule has 0 aromatic heterocycles. The molecule has 0 amide bonds. The minimum Gasteiger partial charge on any atom is -0.468 e. The number of esters is 1. The van der Waals surface area contributed by atoms with E-state index in [0.29, 0.717) is 6.54 Å². The van der Waals surface area contributed by atoms with Crippen LogP contribution < -0.4 is 11.1 Å². The van der Waals surface area contributed by atoms with Gasteiger partial charge in [0.15, 0.2) is 0 Å². The summed E-state index contributed by atoms with van der Waals surface area (Å²) in [6.45, 7) is 0.591. The van der Waals surface area contributed by atoms with Crippen molar-refractivity contribution in [3.63, 3.8) is 0 Å². The fourth-order valence-corrected chi connectivity index (χ4v) is 1.53. The van der Waals surface area contributed by atoms with E-state index in [-0.39, 0.29) is 42.9 Å². The third-order valence-electron chi connectivity index (χ3n) is 2.25. The Labute approximate surface area is 96.8 Å². The molecule has 1 saturated heterocycles. The predicted molar refractivity (Wildman–Crippen MR) is 60.1 cm³/mol. The molecule has 14 heavy (non-hydrogen) atoms. The van der Waals surface area contributed by atoms with E-state index in [9.17, 15) is 4.79 Å². The van der Waals surface area contributed by atoms with E-state index >= 15 is 0 Å². The van der Waals surface area contributed by atoms with Crippen LogP contribution in [-0.2, 0) is 9.53 Å². The highest BCUT2D eigenvalue weighted by atomic mass is 35.5. The van der Waals surface area contributed by atoms with Crippen LogP contribution in [0.1, 0.15) is 19.3 Å². The summed E-state index contributed by atoms with van der Waals surface area (Å²) in [5.74, 6) is -0.173. The van der Waals surface area contributed by atoms with Crippen molar-refractivity contribution in [1.29, 1.82) is 0 Å². The molecule has 2 atom stereocenters. The van der Waals surface area contributed by atoms with E-state index in [4.69, 9.17) is 5.73 Å². The van der Waals surface area contributed by atoms with Gasteiger partial charge in [-0.2, -0.15) is 0 Å². The Morgan fingerprint density at radius 1 is 1.50 bits per heavy atom. The van der Waals surface area contributed by atoms with Gasteiger partial charge >= 0.3 is 5.97 Å². The molecule has 1 heterocycles. The highest BCUT2D eigenvalue weighted by molar-refractivity contribution is 5.85. The summed E-state index contributed by atoms with van der Waals surface area (Å²) in [5.41, 5.74) is 5.49. The summed E-state index contributed by atoms with van der Waals surface area (Å²) >= 11 is 0. The van der Waals surface area contributed by atoms with Crippen molar-refractivity contribution in [2.75, 3.05) is 13.7 Å². The van der Waals surface area contributed by atoms with Gasteiger partial charge in [0, 0.05) is 12.6 Å². The second kappa shape index (κ2) is 8.29. The molecule has 0 saturated carbocycles. The van der Waals surface area contributed by atoms with Gasteiger partial charge in [0.2, 0.25) is 0 Å². The Kier molecular flexibility index (Phi) is 9.72. The zero-order valence-corrected chi connectivity index (χ0v) is 9.83. The smallest absolute Gasteiger partial charge is 0.322 e. The normalized spacial score (nSPS) is 25.6. The third-order valence-corrected chi connectivity index (χ3v) is 2.25. The van der Waals surface area contributed by atoms with Crippen LogP contribution in [0.15, 0.2) is 0 Å². The van der Waals surface area contributed by atoms with Crippen molar-refractivity contribution in [2.45, 2.75) is 31.3 Å². The minimum absolute atomic E-state index is 0. The molecule has 0 bridgehead atoms. The topological polar surface area (TPSA) is 64.3 Å². The predicted octanol–water partition coefficient (Wildman–Crippen LogP) is 0.472. The molecule has 0 aromatic carbocycles. The first-order valence-electron chi connectivity index (χ1n) is 4.32. The Bertz CT molecular complexity index is 169. The maximum atomic E-state index is 11.1. The number of nitrogens with one attached hydrogen (secondary N) is 1. The fraction of sp³-hybridized carbons (Fsp3) is 0.875. The molecule has 1 rings (SSSR count). The van der Waals surface area contributed by atoms with Crippen LogP contribution in [0, 0.1) is 0 Å². The summed E-state index contributed by atoms with van der Waals surface area (Å²) in [5, 5.41) is 3.15. The van der Waals surface area contributed by atoms with Crippen molar-refractivity contribution in [3.8, 4) is 0 Å². The number of hydrogen-bond donors (Lipinski definition) is 2. The van der Waals surface area contributed by atoms with Crippen LogP contribution in [0.4, 0.5) is 0 Å². The molecule has 0 aromatic rings. The average molecular weight is 245 g/mol. The summed E-state index contributed by atoms with van der Waals surface area (Å²) in [6, 6.07) is 0.139. The van der Waals surface area contributed by atoms with Gasteiger partial charge in [-0.05, 0) is 19.3 Å². The van der Waals surface area contributed by atoms with Gasteiger partial charge in [0.1, 0.15) is 6.04 Å². The number of ether oxygens (including phenoxy) is 1. The van der Waals surface area contributed by atoms with Gasteiger partial charge in [-0.1, -0.05) is 0 Å². The van der Waals surface area contributed by atoms with E-state index in [1.807, 2.05) is 0 Å². The van der Waals surface area contributed by atoms with E-state index in [0.717, 1.165) is 19.3 Å². The molecular weight excluding hydrogens is 227 g/mol. The second-order valence-corrected chi connectivity index (χ2v) is 3.11. The van der Waals surface area contributed by atoms with Crippen LogP contribution in [-0.4, -0.2) is 31.7 Å². The summed E-state index contributed by atoms with van der Waals surface area (Å²) in [7, 11) is 1.41. The van der Waals surface area contributed by atoms with Crippen molar-refractivity contribution in [1.82, 2.24) is 5.32 Å². The first-order chi connectivity index (χ1) is 5.77. The Morgan fingerprint density at radius 2 is 2.14 bits per heavy atom. The number of carbonyl (C=O) groups excluding carboxylic acids is 1. The molecular formula is C8H18Cl2N2O2. The standard InChI is InChI=1S/C8H16N2O2.2ClH/c1-12-8(11)7-4-2-3-6(5-9)10-7;;/h6-7,10H,2-5,9H2,1H3;2*1H. The lowest BCUT2D eigenvalue weighted by Gasteiger charge is -2.28. The number of halogens is 2. The van der Waals surface area contributed by atoms with Gasteiger partial charge in [-0.3, -0.25) is 4.79 Å². The van der Waals surface area contributed by atoms with E-state index < -0.39 is 0 Å². The molecule has 0 radical (unpaired) electrons. The maximum Gasteiger partial charge on any atom is 0.322 e. The van der Waals surface area contributed by atoms with Crippen LogP contribution >= 0.6 is 24.8 Å². The lowest BCUT2D eigenvalue weighted by molar-refractivity contribution is -0.144. The quantitative estimate of drug-likeness (QED) is 0.694. The summed E-state index contributed by atoms with van der Waals surface area (Å²) in [4.78, 5) is 11.1. The lowest BCUT2D eigenvalue weighted by Crippen LogP contribution is -2.50. The SMILES string of the molecule is COC(=O)C1CCCC(CN)N1.Cl.Cl. The number of piperidine rings is 1. The molecule has 6 heteroatoms. The fourth-order valence-electron chi connectivity index (χ4n) is 1.53. The number of hydrogen-bond acceptors (Lipinski definition) is 4. The summed E-state index contributed by atoms with van der Waals surface area (Å²) in [6.07, 6.45) is 2.97. The highest BCUT2D eigenvalue weighted by Crippen LogP contribution is 2.12. The number of carbonyl (C=O) groups is 1. The Balaban J connectivity index is 0. The molecule has 3 N–H and O–H groups in total. The van der Waals surface area contributed by atoms with Crippen molar-refractivity contribution >= 4 is 30.8 Å². The zero-order valence-electron chi connectivity index (χ0n) is 8.19. The average Bonchev–Trinajstić information content (AvgIpc) is 2.17. The van der Waals surface area contributed by atoms with Crippen molar-refractivity contribution in [2.24, 2.45) is 5.73 Å². The molecule has 0 aliphatic carbocycles. The molecule has 1 aliphatic heterocycles. The molecule has 1 aliphatic rings. The van der Waals surface area contributed by atoms with Gasteiger partial charge in [0.05, 0.1) is 7.11 Å². The van der Waals surface area contributed by atoms with E-state index in [1.165, 1.54) is 7.11 Å². The number of rotatable bonds is 2. The summed E-state index contributed by atoms with van der Waals surface area (Å²) < 4.78 is 4.64. The highest BCUT2D eigenvalue weighted by Gasteiger charge is 2.25. The van der Waals surface area contributed by atoms with Crippen LogP contribution in [0.2, 0.25) is 0 Å². The molecule has 1 fully saturated rings. The third kappa shape index (κ3) is 4.46. The van der Waals surface area contributed by atoms with Gasteiger partial charge < -0.3 is 15.8 Å². The van der Waals surface area contributed by atoms with Gasteiger partial charge in [0.25, 0.3) is 0 Å². The van der Waals surface area contributed by atoms with Gasteiger partial charge in [-0.15, -0.1) is 24.8 Å².